The minimum atomic E-state index is -3.97. The van der Waals surface area contributed by atoms with Gasteiger partial charge in [0, 0.05) is 30.9 Å². The van der Waals surface area contributed by atoms with Crippen molar-refractivity contribution < 1.29 is 13.3 Å². The number of rotatable bonds is 3. The number of nitrogens with zero attached hydrogens (tertiary/aromatic N) is 2. The highest BCUT2D eigenvalue weighted by Crippen LogP contribution is 2.28. The summed E-state index contributed by atoms with van der Waals surface area (Å²) in [4.78, 5) is 12.2. The molecule has 116 valence electrons. The third-order valence-electron chi connectivity index (χ3n) is 3.80. The Morgan fingerprint density at radius 3 is 2.62 bits per heavy atom. The Balaban J connectivity index is 2.42. The van der Waals surface area contributed by atoms with Crippen molar-refractivity contribution in [2.24, 2.45) is 11.1 Å². The molecule has 21 heavy (non-hydrogen) atoms. The van der Waals surface area contributed by atoms with Gasteiger partial charge in [-0.25, -0.2) is 13.6 Å². The fourth-order valence-corrected chi connectivity index (χ4v) is 3.11. The number of nitrogens with two attached hydrogens (primary N) is 1. The maximum atomic E-state index is 11.5. The van der Waals surface area contributed by atoms with Crippen molar-refractivity contribution in [1.82, 2.24) is 0 Å². The molecule has 2 rings (SSSR count). The van der Waals surface area contributed by atoms with Crippen molar-refractivity contribution in [1.29, 1.82) is 0 Å². The van der Waals surface area contributed by atoms with Crippen LogP contribution in [0.15, 0.2) is 23.1 Å². The lowest BCUT2D eigenvalue weighted by Crippen LogP contribution is -2.25. The minimum absolute atomic E-state index is 0.219. The first-order valence-electron chi connectivity index (χ1n) is 6.84. The van der Waals surface area contributed by atoms with Gasteiger partial charge in [-0.15, -0.1) is 0 Å². The van der Waals surface area contributed by atoms with Gasteiger partial charge >= 0.3 is 0 Å². The van der Waals surface area contributed by atoms with Gasteiger partial charge in [-0.05, 0) is 31.2 Å². The number of anilines is 1. The molecule has 1 unspecified atom stereocenters. The van der Waals surface area contributed by atoms with Crippen LogP contribution in [0, 0.1) is 16.0 Å². The van der Waals surface area contributed by atoms with E-state index < -0.39 is 14.9 Å². The summed E-state index contributed by atoms with van der Waals surface area (Å²) < 4.78 is 23.0. The molecule has 1 aromatic carbocycles. The molecule has 2 N–H and O–H groups in total. The monoisotopic (exact) mass is 313 g/mol. The van der Waals surface area contributed by atoms with E-state index in [0.717, 1.165) is 38.4 Å². The largest absolute Gasteiger partial charge is 0.371 e. The van der Waals surface area contributed by atoms with Crippen LogP contribution in [0.25, 0.3) is 0 Å². The molecule has 0 aliphatic carbocycles. The van der Waals surface area contributed by atoms with E-state index in [2.05, 4.69) is 6.92 Å². The van der Waals surface area contributed by atoms with Crippen LogP contribution in [0.1, 0.15) is 26.2 Å². The fourth-order valence-electron chi connectivity index (χ4n) is 2.54. The molecule has 0 spiro atoms. The summed E-state index contributed by atoms with van der Waals surface area (Å²) in [6.45, 7) is 3.69. The van der Waals surface area contributed by atoms with E-state index in [1.807, 2.05) is 4.90 Å². The summed E-state index contributed by atoms with van der Waals surface area (Å²) in [5, 5.41) is 16.1. The lowest BCUT2D eigenvalue weighted by atomic mass is 10.0. The predicted octanol–water partition coefficient (Wildman–Crippen LogP) is 1.87. The highest BCUT2D eigenvalue weighted by molar-refractivity contribution is 7.89. The van der Waals surface area contributed by atoms with Crippen LogP contribution in [0.4, 0.5) is 11.4 Å². The molecule has 1 fully saturated rings. The summed E-state index contributed by atoms with van der Waals surface area (Å²) in [5.41, 5.74) is 0.288. The molecule has 8 heteroatoms. The van der Waals surface area contributed by atoms with Crippen LogP contribution in [-0.2, 0) is 10.0 Å². The maximum Gasteiger partial charge on any atom is 0.272 e. The molecule has 7 nitrogen and oxygen atoms in total. The van der Waals surface area contributed by atoms with Gasteiger partial charge in [-0.1, -0.05) is 6.92 Å². The average molecular weight is 313 g/mol. The molecule has 1 aliphatic heterocycles. The second kappa shape index (κ2) is 5.98. The summed E-state index contributed by atoms with van der Waals surface area (Å²) >= 11 is 0. The van der Waals surface area contributed by atoms with Crippen molar-refractivity contribution in [3.63, 3.8) is 0 Å². The summed E-state index contributed by atoms with van der Waals surface area (Å²) in [6.07, 6.45) is 3.06. The van der Waals surface area contributed by atoms with E-state index >= 15 is 0 Å². The van der Waals surface area contributed by atoms with Gasteiger partial charge in [-0.3, -0.25) is 10.1 Å². The second-order valence-corrected chi connectivity index (χ2v) is 7.07. The first-order valence-corrected chi connectivity index (χ1v) is 8.39. The smallest absolute Gasteiger partial charge is 0.272 e. The molecule has 0 saturated carbocycles. The van der Waals surface area contributed by atoms with Crippen molar-refractivity contribution in [2.45, 2.75) is 31.1 Å². The van der Waals surface area contributed by atoms with Crippen LogP contribution >= 0.6 is 0 Å². The Labute approximate surface area is 123 Å². The Morgan fingerprint density at radius 2 is 2.00 bits per heavy atom. The number of non-ortho nitro benzene ring substituents is 1. The summed E-state index contributed by atoms with van der Waals surface area (Å²) in [6, 6.07) is 3.82. The van der Waals surface area contributed by atoms with Gasteiger partial charge in [0.05, 0.1) is 9.82 Å². The standard InChI is InChI=1S/C13H19N3O4S/c1-10-3-2-5-15(6-4-10)11-7-12(16(17)18)9-13(8-11)21(14,19)20/h7-10H,2-6H2,1H3,(H2,14,19,20). The number of nitro benzene ring substituents is 1. The number of primary sulfonamides is 1. The first-order chi connectivity index (χ1) is 9.77. The van der Waals surface area contributed by atoms with E-state index in [9.17, 15) is 18.5 Å². The maximum absolute atomic E-state index is 11.5. The van der Waals surface area contributed by atoms with E-state index in [1.54, 1.807) is 0 Å². The molecule has 1 atom stereocenters. The van der Waals surface area contributed by atoms with Gasteiger partial charge in [-0.2, -0.15) is 0 Å². The highest BCUT2D eigenvalue weighted by Gasteiger charge is 2.20. The van der Waals surface area contributed by atoms with Crippen molar-refractivity contribution >= 4 is 21.4 Å². The zero-order chi connectivity index (χ0) is 15.6. The van der Waals surface area contributed by atoms with Gasteiger partial charge in [0.1, 0.15) is 0 Å². The molecule has 0 amide bonds. The Bertz CT molecular complexity index is 645. The molecule has 1 saturated heterocycles. The molecule has 1 aliphatic rings. The number of nitro groups is 1. The molecule has 0 radical (unpaired) electrons. The van der Waals surface area contributed by atoms with E-state index in [1.165, 1.54) is 12.1 Å². The quantitative estimate of drug-likeness (QED) is 0.677. The Kier molecular flexibility index (Phi) is 4.48. The first kappa shape index (κ1) is 15.7. The van der Waals surface area contributed by atoms with Crippen LogP contribution < -0.4 is 10.0 Å². The molecule has 0 bridgehead atoms. The second-order valence-electron chi connectivity index (χ2n) is 5.51. The van der Waals surface area contributed by atoms with E-state index in [4.69, 9.17) is 5.14 Å². The lowest BCUT2D eigenvalue weighted by molar-refractivity contribution is -0.385. The third kappa shape index (κ3) is 3.92. The van der Waals surface area contributed by atoms with Crippen molar-refractivity contribution in [2.75, 3.05) is 18.0 Å². The number of sulfonamides is 1. The number of benzene rings is 1. The lowest BCUT2D eigenvalue weighted by Gasteiger charge is -2.23. The fraction of sp³-hybridized carbons (Fsp3) is 0.538. The van der Waals surface area contributed by atoms with Gasteiger partial charge in [0.25, 0.3) is 5.69 Å². The highest BCUT2D eigenvalue weighted by atomic mass is 32.2. The van der Waals surface area contributed by atoms with Crippen LogP contribution in [0.5, 0.6) is 0 Å². The molecular formula is C13H19N3O4S. The van der Waals surface area contributed by atoms with Crippen LogP contribution in [0.3, 0.4) is 0 Å². The summed E-state index contributed by atoms with van der Waals surface area (Å²) in [5.74, 6) is 0.603. The topological polar surface area (TPSA) is 107 Å². The van der Waals surface area contributed by atoms with Gasteiger partial charge in [0.15, 0.2) is 0 Å². The predicted molar refractivity (Wildman–Crippen MR) is 79.7 cm³/mol. The molecule has 1 heterocycles. The van der Waals surface area contributed by atoms with Gasteiger partial charge in [0.2, 0.25) is 10.0 Å². The van der Waals surface area contributed by atoms with Crippen LogP contribution in [-0.4, -0.2) is 26.4 Å². The van der Waals surface area contributed by atoms with Crippen molar-refractivity contribution in [3.05, 3.63) is 28.3 Å². The van der Waals surface area contributed by atoms with Crippen molar-refractivity contribution in [3.8, 4) is 0 Å². The van der Waals surface area contributed by atoms with Gasteiger partial charge < -0.3 is 4.90 Å². The number of hydrogen-bond donors (Lipinski definition) is 1. The third-order valence-corrected chi connectivity index (χ3v) is 4.69. The normalized spacial score (nSPS) is 20.1. The Morgan fingerprint density at radius 1 is 1.29 bits per heavy atom. The van der Waals surface area contributed by atoms with E-state index in [-0.39, 0.29) is 10.6 Å². The average Bonchev–Trinajstić information content (AvgIpc) is 2.62. The van der Waals surface area contributed by atoms with Crippen LogP contribution in [0.2, 0.25) is 0 Å². The number of hydrogen-bond acceptors (Lipinski definition) is 5. The zero-order valence-electron chi connectivity index (χ0n) is 11.9. The SMILES string of the molecule is CC1CCCN(c2cc([N+](=O)[O-])cc(S(N)(=O)=O)c2)CC1. The Hall–Kier alpha value is -1.67. The molecule has 1 aromatic rings. The molecule has 0 aromatic heterocycles. The minimum Gasteiger partial charge on any atom is -0.371 e. The zero-order valence-corrected chi connectivity index (χ0v) is 12.7. The molecular weight excluding hydrogens is 294 g/mol. The summed E-state index contributed by atoms with van der Waals surface area (Å²) in [7, 11) is -3.97. The van der Waals surface area contributed by atoms with E-state index in [0.29, 0.717) is 11.6 Å².